The van der Waals surface area contributed by atoms with Gasteiger partial charge in [-0.3, -0.25) is 9.36 Å². The fraction of sp³-hybridized carbons (Fsp3) is 0.321. The molecule has 7 nitrogen and oxygen atoms in total. The summed E-state index contributed by atoms with van der Waals surface area (Å²) in [5.41, 5.74) is 3.58. The van der Waals surface area contributed by atoms with Gasteiger partial charge in [-0.25, -0.2) is 9.79 Å². The lowest BCUT2D eigenvalue weighted by Crippen LogP contribution is -2.39. The number of anilines is 1. The summed E-state index contributed by atoms with van der Waals surface area (Å²) in [6, 6.07) is 14.9. The Balaban J connectivity index is 1.84. The van der Waals surface area contributed by atoms with Gasteiger partial charge >= 0.3 is 5.97 Å². The number of carbonyl (C=O) groups is 1. The van der Waals surface area contributed by atoms with Gasteiger partial charge in [-0.2, -0.15) is 0 Å². The summed E-state index contributed by atoms with van der Waals surface area (Å²) in [5.74, 6) is 0.221. The molecule has 0 saturated carbocycles. The van der Waals surface area contributed by atoms with Crippen molar-refractivity contribution in [3.63, 3.8) is 0 Å². The van der Waals surface area contributed by atoms with E-state index in [9.17, 15) is 9.59 Å². The number of benzene rings is 2. The molecule has 36 heavy (non-hydrogen) atoms. The van der Waals surface area contributed by atoms with Crippen LogP contribution in [0.25, 0.3) is 6.08 Å². The van der Waals surface area contributed by atoms with Gasteiger partial charge in [0.1, 0.15) is 5.75 Å². The lowest BCUT2D eigenvalue weighted by molar-refractivity contribution is -0.139. The molecule has 2 heterocycles. The molecule has 188 valence electrons. The topological polar surface area (TPSA) is 73.1 Å². The highest BCUT2D eigenvalue weighted by molar-refractivity contribution is 7.07. The first kappa shape index (κ1) is 25.4. The Morgan fingerprint density at radius 1 is 1.08 bits per heavy atom. The van der Waals surface area contributed by atoms with Gasteiger partial charge in [0.15, 0.2) is 4.80 Å². The van der Waals surface area contributed by atoms with Crippen LogP contribution in [0.15, 0.2) is 69.6 Å². The number of allylic oxidation sites excluding steroid dienone is 1. The summed E-state index contributed by atoms with van der Waals surface area (Å²) in [7, 11) is 1.60. The second kappa shape index (κ2) is 11.0. The van der Waals surface area contributed by atoms with E-state index in [1.165, 1.54) is 11.3 Å². The molecular weight excluding hydrogens is 474 g/mol. The highest BCUT2D eigenvalue weighted by Crippen LogP contribution is 2.31. The zero-order valence-electron chi connectivity index (χ0n) is 21.3. The Hall–Kier alpha value is -3.65. The predicted molar refractivity (Wildman–Crippen MR) is 143 cm³/mol. The lowest BCUT2D eigenvalue weighted by atomic mass is 9.96. The molecule has 0 spiro atoms. The number of methoxy groups -OCH3 is 1. The molecule has 8 heteroatoms. The van der Waals surface area contributed by atoms with Gasteiger partial charge in [0.05, 0.1) is 35.6 Å². The van der Waals surface area contributed by atoms with Crippen molar-refractivity contribution >= 4 is 29.1 Å². The Kier molecular flexibility index (Phi) is 7.74. The van der Waals surface area contributed by atoms with Gasteiger partial charge in [0, 0.05) is 18.8 Å². The largest absolute Gasteiger partial charge is 0.497 e. The van der Waals surface area contributed by atoms with E-state index in [0.717, 1.165) is 29.9 Å². The van der Waals surface area contributed by atoms with Crippen LogP contribution in [-0.2, 0) is 9.53 Å². The summed E-state index contributed by atoms with van der Waals surface area (Å²) < 4.78 is 12.8. The van der Waals surface area contributed by atoms with Crippen molar-refractivity contribution in [1.82, 2.24) is 4.57 Å². The number of hydrogen-bond acceptors (Lipinski definition) is 7. The van der Waals surface area contributed by atoms with Gasteiger partial charge in [-0.05, 0) is 69.2 Å². The summed E-state index contributed by atoms with van der Waals surface area (Å²) in [6.07, 6.45) is 1.88. The maximum Gasteiger partial charge on any atom is 0.338 e. The van der Waals surface area contributed by atoms with Crippen molar-refractivity contribution in [2.75, 3.05) is 31.7 Å². The number of thiazole rings is 1. The Labute approximate surface area is 214 Å². The third-order valence-corrected chi connectivity index (χ3v) is 7.25. The van der Waals surface area contributed by atoms with E-state index in [2.05, 4.69) is 35.9 Å². The number of carbonyl (C=O) groups excluding carboxylic acids is 1. The van der Waals surface area contributed by atoms with Crippen molar-refractivity contribution in [2.45, 2.75) is 33.7 Å². The monoisotopic (exact) mass is 505 g/mol. The number of fused-ring (bicyclic) bond motifs is 1. The molecule has 0 unspecified atom stereocenters. The van der Waals surface area contributed by atoms with Gasteiger partial charge < -0.3 is 14.4 Å². The molecule has 0 saturated heterocycles. The minimum Gasteiger partial charge on any atom is -0.497 e. The third-order valence-electron chi connectivity index (χ3n) is 6.27. The zero-order valence-corrected chi connectivity index (χ0v) is 22.1. The molecule has 0 aliphatic carbocycles. The van der Waals surface area contributed by atoms with Crippen molar-refractivity contribution in [3.8, 4) is 5.75 Å². The van der Waals surface area contributed by atoms with Crippen LogP contribution in [0.5, 0.6) is 5.75 Å². The van der Waals surface area contributed by atoms with E-state index < -0.39 is 12.0 Å². The lowest BCUT2D eigenvalue weighted by Gasteiger charge is -2.24. The van der Waals surface area contributed by atoms with E-state index in [1.807, 2.05) is 42.5 Å². The summed E-state index contributed by atoms with van der Waals surface area (Å²) in [6.45, 7) is 9.90. The fourth-order valence-electron chi connectivity index (χ4n) is 4.41. The van der Waals surface area contributed by atoms with Gasteiger partial charge in [-0.1, -0.05) is 35.6 Å². The van der Waals surface area contributed by atoms with E-state index in [0.29, 0.717) is 26.4 Å². The molecular formula is C28H31N3O4S. The molecule has 1 aromatic heterocycles. The quantitative estimate of drug-likeness (QED) is 0.437. The minimum atomic E-state index is -0.640. The third kappa shape index (κ3) is 4.86. The number of esters is 1. The molecule has 1 aliphatic heterocycles. The minimum absolute atomic E-state index is 0.193. The highest BCUT2D eigenvalue weighted by Gasteiger charge is 2.33. The first-order valence-electron chi connectivity index (χ1n) is 12.1. The van der Waals surface area contributed by atoms with Crippen LogP contribution in [0.2, 0.25) is 0 Å². The standard InChI is InChI=1S/C28H31N3O4S/c1-6-30(7-2)21-13-9-19(10-14-21)17-23-26(32)31-25(20-11-15-22(34-5)16-12-20)24(27(33)35-8-3)18(4)29-28(31)36-23/h9-17,25H,6-8H2,1-5H3/b23-17-/t25-/m1/s1. The molecule has 0 N–H and O–H groups in total. The summed E-state index contributed by atoms with van der Waals surface area (Å²) >= 11 is 1.32. The molecule has 1 aliphatic rings. The van der Waals surface area contributed by atoms with Gasteiger partial charge in [0.25, 0.3) is 5.56 Å². The average Bonchev–Trinajstić information content (AvgIpc) is 3.19. The molecule has 4 rings (SSSR count). The SMILES string of the molecule is CCOC(=O)C1=C(C)N=c2s/c(=C\c3ccc(N(CC)CC)cc3)c(=O)n2[C@@H]1c1ccc(OC)cc1. The van der Waals surface area contributed by atoms with Crippen LogP contribution in [0, 0.1) is 0 Å². The average molecular weight is 506 g/mol. The highest BCUT2D eigenvalue weighted by atomic mass is 32.1. The maximum atomic E-state index is 13.7. The van der Waals surface area contributed by atoms with E-state index in [-0.39, 0.29) is 12.2 Å². The van der Waals surface area contributed by atoms with Crippen LogP contribution in [0.3, 0.4) is 0 Å². The number of aromatic nitrogens is 1. The molecule has 0 bridgehead atoms. The first-order valence-corrected chi connectivity index (χ1v) is 12.9. The smallest absolute Gasteiger partial charge is 0.338 e. The van der Waals surface area contributed by atoms with Crippen molar-refractivity contribution in [1.29, 1.82) is 0 Å². The molecule has 2 aromatic carbocycles. The zero-order chi connectivity index (χ0) is 25.8. The normalized spacial score (nSPS) is 15.4. The molecule has 3 aromatic rings. The second-order valence-corrected chi connectivity index (χ2v) is 9.35. The van der Waals surface area contributed by atoms with E-state index in [1.54, 1.807) is 25.5 Å². The number of ether oxygens (including phenoxy) is 2. The van der Waals surface area contributed by atoms with Crippen molar-refractivity contribution in [2.24, 2.45) is 4.99 Å². The first-order chi connectivity index (χ1) is 17.4. The molecule has 1 atom stereocenters. The van der Waals surface area contributed by atoms with Crippen LogP contribution in [0.1, 0.15) is 44.9 Å². The van der Waals surface area contributed by atoms with E-state index in [4.69, 9.17) is 9.47 Å². The van der Waals surface area contributed by atoms with Crippen LogP contribution in [0.4, 0.5) is 5.69 Å². The van der Waals surface area contributed by atoms with Crippen LogP contribution >= 0.6 is 11.3 Å². The maximum absolute atomic E-state index is 13.7. The van der Waals surface area contributed by atoms with Gasteiger partial charge in [0.2, 0.25) is 0 Å². The Bertz CT molecular complexity index is 1450. The van der Waals surface area contributed by atoms with Crippen molar-refractivity contribution in [3.05, 3.63) is 90.6 Å². The van der Waals surface area contributed by atoms with Crippen LogP contribution < -0.4 is 24.5 Å². The number of rotatable bonds is 8. The van der Waals surface area contributed by atoms with Crippen LogP contribution in [-0.4, -0.2) is 37.3 Å². The second-order valence-electron chi connectivity index (χ2n) is 8.34. The molecule has 0 fully saturated rings. The Morgan fingerprint density at radius 3 is 2.33 bits per heavy atom. The predicted octanol–water partition coefficient (Wildman–Crippen LogP) is 3.65. The Morgan fingerprint density at radius 2 is 1.75 bits per heavy atom. The summed E-state index contributed by atoms with van der Waals surface area (Å²) in [4.78, 5) is 34.1. The fourth-order valence-corrected chi connectivity index (χ4v) is 5.46. The molecule has 0 amide bonds. The number of nitrogens with zero attached hydrogens (tertiary/aromatic N) is 3. The number of hydrogen-bond donors (Lipinski definition) is 0. The van der Waals surface area contributed by atoms with Gasteiger partial charge in [-0.15, -0.1) is 0 Å². The summed E-state index contributed by atoms with van der Waals surface area (Å²) in [5, 5.41) is 0. The molecule has 0 radical (unpaired) electrons. The van der Waals surface area contributed by atoms with Crippen molar-refractivity contribution < 1.29 is 14.3 Å². The van der Waals surface area contributed by atoms with E-state index >= 15 is 0 Å².